The third-order valence-corrected chi connectivity index (χ3v) is 7.16. The fraction of sp³-hybridized carbons (Fsp3) is 0.609. The molecule has 0 bridgehead atoms. The smallest absolute Gasteiger partial charge is 0.274 e. The average molecular weight is 425 g/mol. The molecular weight excluding hydrogens is 392 g/mol. The van der Waals surface area contributed by atoms with Crippen molar-refractivity contribution in [1.29, 1.82) is 0 Å². The Morgan fingerprint density at radius 2 is 1.90 bits per heavy atom. The van der Waals surface area contributed by atoms with Crippen LogP contribution in [0.3, 0.4) is 0 Å². The molecule has 5 heterocycles. The Labute approximate surface area is 183 Å². The number of amides is 1. The van der Waals surface area contributed by atoms with Gasteiger partial charge in [-0.3, -0.25) is 9.69 Å². The molecule has 3 fully saturated rings. The molecule has 0 N–H and O–H groups in total. The minimum atomic E-state index is -0.0814. The van der Waals surface area contributed by atoms with Crippen LogP contribution in [0.25, 0.3) is 0 Å². The van der Waals surface area contributed by atoms with Crippen LogP contribution in [0.1, 0.15) is 36.2 Å². The Hall–Kier alpha value is -2.45. The standard InChI is InChI=1S/C23H32N6O2/c1-26-17-20(25-18-26)22(30)29-9-6-23(7-10-29)16-19(5-15-31-23)27-11-13-28(14-12-27)21-4-2-3-8-24-21/h2-4,8,17-19H,5-7,9-16H2,1H3. The van der Waals surface area contributed by atoms with Gasteiger partial charge in [0.05, 0.1) is 11.9 Å². The summed E-state index contributed by atoms with van der Waals surface area (Å²) < 4.78 is 8.17. The number of carbonyl (C=O) groups excluding carboxylic acids is 1. The van der Waals surface area contributed by atoms with E-state index in [2.05, 4.69) is 31.9 Å². The van der Waals surface area contributed by atoms with Crippen LogP contribution in [0.15, 0.2) is 36.9 Å². The van der Waals surface area contributed by atoms with Gasteiger partial charge in [0.25, 0.3) is 5.91 Å². The Bertz CT molecular complexity index is 884. The second-order valence-corrected chi connectivity index (χ2v) is 9.11. The highest BCUT2D eigenvalue weighted by Crippen LogP contribution is 2.37. The first-order chi connectivity index (χ1) is 15.1. The van der Waals surface area contributed by atoms with Crippen LogP contribution >= 0.6 is 0 Å². The molecule has 2 aromatic rings. The molecule has 8 nitrogen and oxygen atoms in total. The van der Waals surface area contributed by atoms with Gasteiger partial charge in [0, 0.05) is 71.4 Å². The Morgan fingerprint density at radius 1 is 1.10 bits per heavy atom. The predicted octanol–water partition coefficient (Wildman–Crippen LogP) is 1.79. The Morgan fingerprint density at radius 3 is 2.58 bits per heavy atom. The summed E-state index contributed by atoms with van der Waals surface area (Å²) in [6.07, 6.45) is 9.34. The average Bonchev–Trinajstić information content (AvgIpc) is 3.26. The fourth-order valence-electron chi connectivity index (χ4n) is 5.32. The molecule has 31 heavy (non-hydrogen) atoms. The van der Waals surface area contributed by atoms with Gasteiger partial charge in [-0.25, -0.2) is 9.97 Å². The van der Waals surface area contributed by atoms with Gasteiger partial charge >= 0.3 is 0 Å². The molecule has 3 saturated heterocycles. The summed E-state index contributed by atoms with van der Waals surface area (Å²) in [4.78, 5) is 28.4. The van der Waals surface area contributed by atoms with Crippen LogP contribution in [0, 0.1) is 0 Å². The lowest BCUT2D eigenvalue weighted by molar-refractivity contribution is -0.130. The van der Waals surface area contributed by atoms with Crippen molar-refractivity contribution in [3.63, 3.8) is 0 Å². The number of aromatic nitrogens is 3. The van der Waals surface area contributed by atoms with Crippen molar-refractivity contribution in [3.8, 4) is 0 Å². The summed E-state index contributed by atoms with van der Waals surface area (Å²) in [6, 6.07) is 6.69. The number of imidazole rings is 1. The maximum absolute atomic E-state index is 12.7. The molecule has 3 aliphatic heterocycles. The van der Waals surface area contributed by atoms with Crippen molar-refractivity contribution in [2.45, 2.75) is 37.3 Å². The lowest BCUT2D eigenvalue weighted by Crippen LogP contribution is -2.57. The number of pyridine rings is 1. The molecule has 0 radical (unpaired) electrons. The molecule has 0 saturated carbocycles. The first-order valence-corrected chi connectivity index (χ1v) is 11.4. The second-order valence-electron chi connectivity index (χ2n) is 9.11. The van der Waals surface area contributed by atoms with E-state index >= 15 is 0 Å². The molecule has 1 amide bonds. The summed E-state index contributed by atoms with van der Waals surface area (Å²) >= 11 is 0. The lowest BCUT2D eigenvalue weighted by Gasteiger charge is -2.49. The molecule has 1 atom stereocenters. The van der Waals surface area contributed by atoms with Crippen molar-refractivity contribution < 1.29 is 9.53 Å². The third-order valence-electron chi connectivity index (χ3n) is 7.16. The molecule has 2 aromatic heterocycles. The molecule has 8 heteroatoms. The van der Waals surface area contributed by atoms with E-state index in [1.165, 1.54) is 0 Å². The number of anilines is 1. The SMILES string of the molecule is Cn1cnc(C(=O)N2CCC3(CC2)CC(N2CCN(c4ccccn4)CC2)CCO3)c1. The van der Waals surface area contributed by atoms with Crippen LogP contribution in [0.5, 0.6) is 0 Å². The number of rotatable bonds is 3. The highest BCUT2D eigenvalue weighted by Gasteiger charge is 2.43. The summed E-state index contributed by atoms with van der Waals surface area (Å²) in [5.74, 6) is 1.11. The number of piperidine rings is 1. The summed E-state index contributed by atoms with van der Waals surface area (Å²) in [5, 5.41) is 0. The van der Waals surface area contributed by atoms with E-state index in [0.717, 1.165) is 77.4 Å². The number of carbonyl (C=O) groups is 1. The summed E-state index contributed by atoms with van der Waals surface area (Å²) in [6.45, 7) is 6.50. The van der Waals surface area contributed by atoms with Crippen molar-refractivity contribution >= 4 is 11.7 Å². The van der Waals surface area contributed by atoms with Gasteiger partial charge < -0.3 is 19.1 Å². The maximum Gasteiger partial charge on any atom is 0.274 e. The number of hydrogen-bond donors (Lipinski definition) is 0. The van der Waals surface area contributed by atoms with E-state index in [-0.39, 0.29) is 11.5 Å². The lowest BCUT2D eigenvalue weighted by atomic mass is 9.81. The Kier molecular flexibility index (Phi) is 5.67. The van der Waals surface area contributed by atoms with Crippen LogP contribution in [0.2, 0.25) is 0 Å². The fourth-order valence-corrected chi connectivity index (χ4v) is 5.32. The number of aryl methyl sites for hydroxylation is 1. The monoisotopic (exact) mass is 424 g/mol. The number of piperazine rings is 1. The normalized spacial score (nSPS) is 24.5. The van der Waals surface area contributed by atoms with E-state index in [1.807, 2.05) is 28.8 Å². The van der Waals surface area contributed by atoms with Gasteiger partial charge in [-0.05, 0) is 37.8 Å². The highest BCUT2D eigenvalue weighted by molar-refractivity contribution is 5.92. The molecule has 0 aromatic carbocycles. The largest absolute Gasteiger partial charge is 0.375 e. The van der Waals surface area contributed by atoms with Crippen molar-refractivity contribution in [2.75, 3.05) is 50.8 Å². The van der Waals surface area contributed by atoms with Gasteiger partial charge in [-0.2, -0.15) is 0 Å². The third kappa shape index (κ3) is 4.32. The van der Waals surface area contributed by atoms with E-state index in [4.69, 9.17) is 4.74 Å². The van der Waals surface area contributed by atoms with E-state index in [9.17, 15) is 4.79 Å². The van der Waals surface area contributed by atoms with Crippen LogP contribution in [0.4, 0.5) is 5.82 Å². The number of hydrogen-bond acceptors (Lipinski definition) is 6. The molecule has 1 unspecified atom stereocenters. The van der Waals surface area contributed by atoms with Crippen LogP contribution in [-0.4, -0.2) is 87.8 Å². The zero-order valence-corrected chi connectivity index (χ0v) is 18.3. The van der Waals surface area contributed by atoms with Crippen molar-refractivity contribution in [2.24, 2.45) is 7.05 Å². The molecule has 5 rings (SSSR count). The quantitative estimate of drug-likeness (QED) is 0.749. The molecular formula is C23H32N6O2. The summed E-state index contributed by atoms with van der Waals surface area (Å²) in [7, 11) is 1.89. The molecule has 3 aliphatic rings. The first-order valence-electron chi connectivity index (χ1n) is 11.4. The van der Waals surface area contributed by atoms with E-state index in [0.29, 0.717) is 11.7 Å². The van der Waals surface area contributed by atoms with E-state index in [1.54, 1.807) is 12.5 Å². The zero-order chi connectivity index (χ0) is 21.3. The van der Waals surface area contributed by atoms with Crippen molar-refractivity contribution in [1.82, 2.24) is 24.3 Å². The van der Waals surface area contributed by atoms with Gasteiger partial charge in [0.15, 0.2) is 0 Å². The van der Waals surface area contributed by atoms with Gasteiger partial charge in [0.2, 0.25) is 0 Å². The van der Waals surface area contributed by atoms with Crippen molar-refractivity contribution in [3.05, 3.63) is 42.6 Å². The van der Waals surface area contributed by atoms with Gasteiger partial charge in [-0.1, -0.05) is 6.07 Å². The van der Waals surface area contributed by atoms with Crippen LogP contribution < -0.4 is 4.90 Å². The minimum Gasteiger partial charge on any atom is -0.375 e. The maximum atomic E-state index is 12.7. The van der Waals surface area contributed by atoms with Gasteiger partial charge in [-0.15, -0.1) is 0 Å². The van der Waals surface area contributed by atoms with E-state index < -0.39 is 0 Å². The molecule has 1 spiro atoms. The summed E-state index contributed by atoms with van der Waals surface area (Å²) in [5.41, 5.74) is 0.453. The molecule has 0 aliphatic carbocycles. The molecule has 166 valence electrons. The number of nitrogens with zero attached hydrogens (tertiary/aromatic N) is 6. The topological polar surface area (TPSA) is 66.7 Å². The number of ether oxygens (including phenoxy) is 1. The van der Waals surface area contributed by atoms with Crippen LogP contribution in [-0.2, 0) is 11.8 Å². The second kappa shape index (κ2) is 8.59. The highest BCUT2D eigenvalue weighted by atomic mass is 16.5. The number of likely N-dealkylation sites (tertiary alicyclic amines) is 1. The first kappa shape index (κ1) is 20.5. The zero-order valence-electron chi connectivity index (χ0n) is 18.3. The van der Waals surface area contributed by atoms with Gasteiger partial charge in [0.1, 0.15) is 11.5 Å². The predicted molar refractivity (Wildman–Crippen MR) is 118 cm³/mol. The minimum absolute atomic E-state index is 0.0356. The Balaban J connectivity index is 1.15.